The van der Waals surface area contributed by atoms with Crippen molar-refractivity contribution < 1.29 is 4.79 Å². The SMILES string of the molecule is CC.CC.CC(=O)c1cc2cnc(Cl)nc2n1C1CCCC1. The monoisotopic (exact) mass is 323 g/mol. The van der Waals surface area contributed by atoms with Crippen LogP contribution in [0.2, 0.25) is 5.28 Å². The first-order valence-corrected chi connectivity index (χ1v) is 8.59. The van der Waals surface area contributed by atoms with E-state index in [9.17, 15) is 4.79 Å². The van der Waals surface area contributed by atoms with Gasteiger partial charge in [-0.25, -0.2) is 4.98 Å². The molecule has 1 aliphatic carbocycles. The highest BCUT2D eigenvalue weighted by Gasteiger charge is 2.24. The van der Waals surface area contributed by atoms with Gasteiger partial charge < -0.3 is 4.57 Å². The number of halogens is 1. The molecule has 122 valence electrons. The van der Waals surface area contributed by atoms with Crippen LogP contribution < -0.4 is 0 Å². The Kier molecular flexibility index (Phi) is 7.52. The maximum Gasteiger partial charge on any atom is 0.224 e. The van der Waals surface area contributed by atoms with Crippen molar-refractivity contribution in [3.63, 3.8) is 0 Å². The fraction of sp³-hybridized carbons (Fsp3) is 0.588. The maximum absolute atomic E-state index is 11.8. The quantitative estimate of drug-likeness (QED) is 0.545. The van der Waals surface area contributed by atoms with Crippen LogP contribution in [0.1, 0.15) is 76.8 Å². The largest absolute Gasteiger partial charge is 0.320 e. The fourth-order valence-electron chi connectivity index (χ4n) is 2.79. The molecule has 0 unspecified atom stereocenters. The van der Waals surface area contributed by atoms with Gasteiger partial charge >= 0.3 is 0 Å². The van der Waals surface area contributed by atoms with Crippen molar-refractivity contribution in [2.24, 2.45) is 0 Å². The normalized spacial score (nSPS) is 14.1. The summed E-state index contributed by atoms with van der Waals surface area (Å²) >= 11 is 5.87. The topological polar surface area (TPSA) is 47.8 Å². The zero-order valence-corrected chi connectivity index (χ0v) is 14.9. The molecule has 0 amide bonds. The third-order valence-electron chi connectivity index (χ3n) is 3.60. The summed E-state index contributed by atoms with van der Waals surface area (Å²) < 4.78 is 2.05. The van der Waals surface area contributed by atoms with E-state index in [-0.39, 0.29) is 11.1 Å². The Labute approximate surface area is 137 Å². The third kappa shape index (κ3) is 3.86. The average molecular weight is 324 g/mol. The molecule has 0 spiro atoms. The Hall–Kier alpha value is -1.42. The summed E-state index contributed by atoms with van der Waals surface area (Å²) in [5.74, 6) is 0.0658. The lowest BCUT2D eigenvalue weighted by molar-refractivity contribution is 0.100. The molecule has 1 fully saturated rings. The molecule has 3 rings (SSSR count). The van der Waals surface area contributed by atoms with Crippen LogP contribution in [0.5, 0.6) is 0 Å². The molecule has 0 aliphatic heterocycles. The van der Waals surface area contributed by atoms with Gasteiger partial charge in [0.1, 0.15) is 5.65 Å². The van der Waals surface area contributed by atoms with Crippen molar-refractivity contribution >= 4 is 28.4 Å². The highest BCUT2D eigenvalue weighted by molar-refractivity contribution is 6.28. The van der Waals surface area contributed by atoms with Crippen LogP contribution in [0.3, 0.4) is 0 Å². The predicted octanol–water partition coefficient (Wildman–Crippen LogP) is 5.45. The Morgan fingerprint density at radius 3 is 2.36 bits per heavy atom. The van der Waals surface area contributed by atoms with E-state index in [1.54, 1.807) is 13.1 Å². The molecule has 0 radical (unpaired) electrons. The standard InChI is InChI=1S/C13H14ClN3O.2C2H6/c1-8(18)11-6-9-7-15-13(14)16-12(9)17(11)10-4-2-3-5-10;2*1-2/h6-7,10H,2-5H2,1H3;2*1-2H3. The van der Waals surface area contributed by atoms with Crippen LogP contribution >= 0.6 is 11.6 Å². The highest BCUT2D eigenvalue weighted by atomic mass is 35.5. The van der Waals surface area contributed by atoms with Gasteiger partial charge in [0.2, 0.25) is 5.28 Å². The summed E-state index contributed by atoms with van der Waals surface area (Å²) in [5, 5.41) is 1.12. The van der Waals surface area contributed by atoms with Crippen LogP contribution in [0.25, 0.3) is 11.0 Å². The number of carbonyl (C=O) groups is 1. The Morgan fingerprint density at radius 1 is 1.23 bits per heavy atom. The molecule has 1 saturated carbocycles. The Morgan fingerprint density at radius 2 is 1.82 bits per heavy atom. The van der Waals surface area contributed by atoms with Gasteiger partial charge in [-0.3, -0.25) is 4.79 Å². The van der Waals surface area contributed by atoms with Gasteiger partial charge in [-0.15, -0.1) is 0 Å². The number of Topliss-reactive ketones (excluding diaryl/α,β-unsaturated/α-hetero) is 1. The molecule has 0 saturated heterocycles. The summed E-state index contributed by atoms with van der Waals surface area (Å²) in [7, 11) is 0. The van der Waals surface area contributed by atoms with Crippen LogP contribution in [-0.2, 0) is 0 Å². The van der Waals surface area contributed by atoms with Crippen molar-refractivity contribution in [1.82, 2.24) is 14.5 Å². The van der Waals surface area contributed by atoms with Crippen LogP contribution in [0.15, 0.2) is 12.3 Å². The molecular weight excluding hydrogens is 298 g/mol. The molecule has 2 heterocycles. The second-order valence-electron chi connectivity index (χ2n) is 4.81. The minimum Gasteiger partial charge on any atom is -0.320 e. The van der Waals surface area contributed by atoms with Crippen molar-refractivity contribution in [2.75, 3.05) is 0 Å². The minimum absolute atomic E-state index is 0.0658. The molecule has 2 aromatic rings. The smallest absolute Gasteiger partial charge is 0.224 e. The van der Waals surface area contributed by atoms with E-state index >= 15 is 0 Å². The predicted molar refractivity (Wildman–Crippen MR) is 92.7 cm³/mol. The lowest BCUT2D eigenvalue weighted by atomic mass is 10.2. The zero-order chi connectivity index (χ0) is 16.7. The van der Waals surface area contributed by atoms with Gasteiger partial charge in [-0.2, -0.15) is 4.98 Å². The molecule has 1 aliphatic rings. The first-order valence-electron chi connectivity index (χ1n) is 8.21. The van der Waals surface area contributed by atoms with Gasteiger partial charge in [0.05, 0.1) is 5.69 Å². The van der Waals surface area contributed by atoms with E-state index in [1.165, 1.54) is 12.8 Å². The zero-order valence-electron chi connectivity index (χ0n) is 14.2. The number of aromatic nitrogens is 3. The van der Waals surface area contributed by atoms with Crippen molar-refractivity contribution in [2.45, 2.75) is 66.3 Å². The molecule has 0 aromatic carbocycles. The lowest BCUT2D eigenvalue weighted by Crippen LogP contribution is -2.12. The molecule has 5 heteroatoms. The minimum atomic E-state index is 0.0658. The second kappa shape index (κ2) is 8.89. The molecule has 2 aromatic heterocycles. The number of carbonyl (C=O) groups excluding carboxylic acids is 1. The van der Waals surface area contributed by atoms with Gasteiger partial charge in [-0.1, -0.05) is 40.5 Å². The van der Waals surface area contributed by atoms with Crippen molar-refractivity contribution in [3.05, 3.63) is 23.2 Å². The van der Waals surface area contributed by atoms with Crippen LogP contribution in [0, 0.1) is 0 Å². The van der Waals surface area contributed by atoms with Gasteiger partial charge in [0, 0.05) is 24.5 Å². The molecular formula is C17H26ClN3O. The number of hydrogen-bond acceptors (Lipinski definition) is 3. The van der Waals surface area contributed by atoms with E-state index < -0.39 is 0 Å². The van der Waals surface area contributed by atoms with Crippen molar-refractivity contribution in [3.8, 4) is 0 Å². The summed E-state index contributed by atoms with van der Waals surface area (Å²) in [6, 6.07) is 2.24. The first kappa shape index (κ1) is 18.6. The number of nitrogens with zero attached hydrogens (tertiary/aromatic N) is 3. The first-order chi connectivity index (χ1) is 10.7. The van der Waals surface area contributed by atoms with Crippen LogP contribution in [-0.4, -0.2) is 20.3 Å². The molecule has 0 atom stereocenters. The molecule has 22 heavy (non-hydrogen) atoms. The van der Waals surface area contributed by atoms with Crippen LogP contribution in [0.4, 0.5) is 0 Å². The van der Waals surface area contributed by atoms with E-state index in [0.717, 1.165) is 23.9 Å². The summed E-state index contributed by atoms with van der Waals surface area (Å²) in [4.78, 5) is 20.0. The summed E-state index contributed by atoms with van der Waals surface area (Å²) in [6.45, 7) is 9.59. The lowest BCUT2D eigenvalue weighted by Gasteiger charge is -2.15. The number of fused-ring (bicyclic) bond motifs is 1. The average Bonchev–Trinajstić information content (AvgIpc) is 3.17. The van der Waals surface area contributed by atoms with Gasteiger partial charge in [0.15, 0.2) is 5.78 Å². The number of ketones is 1. The maximum atomic E-state index is 11.8. The number of hydrogen-bond donors (Lipinski definition) is 0. The Bertz CT molecular complexity index is 616. The third-order valence-corrected chi connectivity index (χ3v) is 3.78. The summed E-state index contributed by atoms with van der Waals surface area (Å²) in [6.07, 6.45) is 6.31. The van der Waals surface area contributed by atoms with Gasteiger partial charge in [0.25, 0.3) is 0 Å². The molecule has 4 nitrogen and oxygen atoms in total. The molecule has 0 bridgehead atoms. The Balaban J connectivity index is 0.000000561. The van der Waals surface area contributed by atoms with Crippen molar-refractivity contribution in [1.29, 1.82) is 0 Å². The van der Waals surface area contributed by atoms with E-state index in [4.69, 9.17) is 11.6 Å². The van der Waals surface area contributed by atoms with E-state index in [2.05, 4.69) is 14.5 Å². The number of rotatable bonds is 2. The van der Waals surface area contributed by atoms with Gasteiger partial charge in [-0.05, 0) is 30.5 Å². The fourth-order valence-corrected chi connectivity index (χ4v) is 2.92. The van der Waals surface area contributed by atoms with E-state index in [1.807, 2.05) is 33.8 Å². The summed E-state index contributed by atoms with van der Waals surface area (Å²) in [5.41, 5.74) is 1.50. The molecule has 0 N–H and O–H groups in total. The highest BCUT2D eigenvalue weighted by Crippen LogP contribution is 2.34. The van der Waals surface area contributed by atoms with E-state index in [0.29, 0.717) is 11.7 Å². The second-order valence-corrected chi connectivity index (χ2v) is 5.15.